The number of aromatic amines is 1. The highest BCUT2D eigenvalue weighted by Crippen LogP contribution is 2.12. The van der Waals surface area contributed by atoms with Crippen molar-refractivity contribution in [1.82, 2.24) is 19.8 Å². The molecule has 1 aromatic carbocycles. The molecule has 1 fully saturated rings. The van der Waals surface area contributed by atoms with E-state index < -0.39 is 5.97 Å². The van der Waals surface area contributed by atoms with Gasteiger partial charge in [-0.3, -0.25) is 14.2 Å². The standard InChI is InChI=1S/C19H24N4O4S/c1-27-18(26)13-5-6-14-15(11-13)21-19(28)23(17(14)25)12-16(24)20-7-10-22-8-3-2-4-9-22/h5-6,11H,2-4,7-10,12H2,1H3,(H,20,24)(H,21,28). The van der Waals surface area contributed by atoms with Crippen LogP contribution in [-0.2, 0) is 16.1 Å². The van der Waals surface area contributed by atoms with E-state index in [4.69, 9.17) is 12.2 Å². The van der Waals surface area contributed by atoms with Gasteiger partial charge in [-0.05, 0) is 56.3 Å². The van der Waals surface area contributed by atoms with E-state index in [-0.39, 0.29) is 22.8 Å². The number of hydrogen-bond donors (Lipinski definition) is 2. The van der Waals surface area contributed by atoms with E-state index in [1.54, 1.807) is 0 Å². The van der Waals surface area contributed by atoms with Gasteiger partial charge in [0, 0.05) is 13.1 Å². The number of likely N-dealkylation sites (tertiary alicyclic amines) is 1. The molecule has 2 N–H and O–H groups in total. The largest absolute Gasteiger partial charge is 0.465 e. The topological polar surface area (TPSA) is 96.4 Å². The summed E-state index contributed by atoms with van der Waals surface area (Å²) in [5.74, 6) is -0.761. The summed E-state index contributed by atoms with van der Waals surface area (Å²) < 4.78 is 6.04. The minimum absolute atomic E-state index is 0.130. The molecule has 3 rings (SSSR count). The monoisotopic (exact) mass is 404 g/mol. The van der Waals surface area contributed by atoms with Crippen LogP contribution in [0.5, 0.6) is 0 Å². The Morgan fingerprint density at radius 1 is 1.25 bits per heavy atom. The van der Waals surface area contributed by atoms with Gasteiger partial charge in [0.2, 0.25) is 5.91 Å². The molecule has 0 saturated carbocycles. The summed E-state index contributed by atoms with van der Waals surface area (Å²) in [6, 6.07) is 4.55. The average Bonchev–Trinajstić information content (AvgIpc) is 2.71. The Balaban J connectivity index is 1.70. The van der Waals surface area contributed by atoms with Crippen LogP contribution >= 0.6 is 12.2 Å². The lowest BCUT2D eigenvalue weighted by Crippen LogP contribution is -2.39. The lowest BCUT2D eigenvalue weighted by molar-refractivity contribution is -0.121. The number of methoxy groups -OCH3 is 1. The molecule has 8 nitrogen and oxygen atoms in total. The van der Waals surface area contributed by atoms with Gasteiger partial charge < -0.3 is 19.9 Å². The fourth-order valence-corrected chi connectivity index (χ4v) is 3.64. The number of H-pyrrole nitrogens is 1. The molecular weight excluding hydrogens is 380 g/mol. The number of ether oxygens (including phenoxy) is 1. The molecule has 1 aromatic heterocycles. The molecule has 0 atom stereocenters. The molecule has 2 aromatic rings. The number of amides is 1. The molecule has 2 heterocycles. The number of nitrogens with one attached hydrogen (secondary N) is 2. The molecule has 1 aliphatic rings. The van der Waals surface area contributed by atoms with Crippen molar-refractivity contribution in [1.29, 1.82) is 0 Å². The number of nitrogens with zero attached hydrogens (tertiary/aromatic N) is 2. The average molecular weight is 404 g/mol. The summed E-state index contributed by atoms with van der Waals surface area (Å²) in [5.41, 5.74) is 0.370. The van der Waals surface area contributed by atoms with Crippen LogP contribution in [0.1, 0.15) is 29.6 Å². The van der Waals surface area contributed by atoms with Crippen LogP contribution in [0, 0.1) is 4.77 Å². The number of aromatic nitrogens is 2. The number of hydrogen-bond acceptors (Lipinski definition) is 6. The minimum atomic E-state index is -0.501. The Hall–Kier alpha value is -2.52. The van der Waals surface area contributed by atoms with Crippen molar-refractivity contribution < 1.29 is 14.3 Å². The summed E-state index contributed by atoms with van der Waals surface area (Å²) in [7, 11) is 1.29. The highest BCUT2D eigenvalue weighted by molar-refractivity contribution is 7.71. The van der Waals surface area contributed by atoms with E-state index in [1.807, 2.05) is 0 Å². The molecule has 0 aliphatic carbocycles. The lowest BCUT2D eigenvalue weighted by Gasteiger charge is -2.26. The Kier molecular flexibility index (Phi) is 6.58. The van der Waals surface area contributed by atoms with Crippen LogP contribution in [0.3, 0.4) is 0 Å². The number of benzene rings is 1. The third-order valence-corrected chi connectivity index (χ3v) is 5.23. The molecule has 1 amide bonds. The molecule has 0 spiro atoms. The zero-order chi connectivity index (χ0) is 20.1. The summed E-state index contributed by atoms with van der Waals surface area (Å²) in [5, 5.41) is 3.20. The smallest absolute Gasteiger partial charge is 0.337 e. The van der Waals surface area contributed by atoms with Gasteiger partial charge in [0.15, 0.2) is 4.77 Å². The van der Waals surface area contributed by atoms with E-state index in [1.165, 1.54) is 49.1 Å². The van der Waals surface area contributed by atoms with E-state index in [0.717, 1.165) is 19.6 Å². The maximum atomic E-state index is 12.7. The van der Waals surface area contributed by atoms with Gasteiger partial charge in [-0.2, -0.15) is 0 Å². The zero-order valence-corrected chi connectivity index (χ0v) is 16.6. The quantitative estimate of drug-likeness (QED) is 0.559. The molecule has 28 heavy (non-hydrogen) atoms. The Bertz CT molecular complexity index is 992. The Labute approximate surface area is 167 Å². The first-order chi connectivity index (χ1) is 13.5. The zero-order valence-electron chi connectivity index (χ0n) is 15.8. The highest BCUT2D eigenvalue weighted by atomic mass is 32.1. The third kappa shape index (κ3) is 4.66. The number of carbonyl (C=O) groups is 2. The van der Waals surface area contributed by atoms with Crippen molar-refractivity contribution in [3.63, 3.8) is 0 Å². The van der Waals surface area contributed by atoms with Crippen LogP contribution < -0.4 is 10.9 Å². The van der Waals surface area contributed by atoms with Crippen molar-refractivity contribution in [3.05, 3.63) is 38.9 Å². The fraction of sp³-hybridized carbons (Fsp3) is 0.474. The van der Waals surface area contributed by atoms with Crippen LogP contribution in [0.2, 0.25) is 0 Å². The van der Waals surface area contributed by atoms with Crippen molar-refractivity contribution in [2.24, 2.45) is 0 Å². The van der Waals surface area contributed by atoms with Gasteiger partial charge >= 0.3 is 5.97 Å². The predicted molar refractivity (Wildman–Crippen MR) is 108 cm³/mol. The molecule has 0 bridgehead atoms. The normalized spacial score (nSPS) is 14.8. The number of piperidine rings is 1. The van der Waals surface area contributed by atoms with Gasteiger partial charge in [-0.1, -0.05) is 6.42 Å². The van der Waals surface area contributed by atoms with Gasteiger partial charge in [0.1, 0.15) is 6.54 Å². The molecular formula is C19H24N4O4S. The molecule has 1 saturated heterocycles. The Morgan fingerprint density at radius 2 is 2.00 bits per heavy atom. The van der Waals surface area contributed by atoms with Crippen LogP contribution in [0.25, 0.3) is 10.9 Å². The van der Waals surface area contributed by atoms with Crippen molar-refractivity contribution >= 4 is 35.0 Å². The number of fused-ring (bicyclic) bond motifs is 1. The lowest BCUT2D eigenvalue weighted by atomic mass is 10.1. The second kappa shape index (κ2) is 9.11. The first kappa shape index (κ1) is 20.2. The Morgan fingerprint density at radius 3 is 2.71 bits per heavy atom. The predicted octanol–water partition coefficient (Wildman–Crippen LogP) is 1.45. The number of rotatable bonds is 6. The van der Waals surface area contributed by atoms with Crippen molar-refractivity contribution in [2.75, 3.05) is 33.3 Å². The first-order valence-corrected chi connectivity index (χ1v) is 9.74. The third-order valence-electron chi connectivity index (χ3n) is 4.90. The highest BCUT2D eigenvalue weighted by Gasteiger charge is 2.13. The van der Waals surface area contributed by atoms with Gasteiger partial charge in [0.25, 0.3) is 5.56 Å². The van der Waals surface area contributed by atoms with Crippen LogP contribution in [0.4, 0.5) is 0 Å². The first-order valence-electron chi connectivity index (χ1n) is 9.34. The molecule has 0 unspecified atom stereocenters. The number of carbonyl (C=O) groups excluding carboxylic acids is 2. The molecule has 0 radical (unpaired) electrons. The minimum Gasteiger partial charge on any atom is -0.465 e. The fourth-order valence-electron chi connectivity index (χ4n) is 3.38. The maximum Gasteiger partial charge on any atom is 0.337 e. The van der Waals surface area contributed by atoms with Crippen LogP contribution in [0.15, 0.2) is 23.0 Å². The second-order valence-electron chi connectivity index (χ2n) is 6.83. The van der Waals surface area contributed by atoms with E-state index in [0.29, 0.717) is 23.0 Å². The maximum absolute atomic E-state index is 12.7. The molecule has 1 aliphatic heterocycles. The van der Waals surface area contributed by atoms with E-state index in [9.17, 15) is 14.4 Å². The van der Waals surface area contributed by atoms with Gasteiger partial charge in [-0.15, -0.1) is 0 Å². The van der Waals surface area contributed by atoms with Crippen molar-refractivity contribution in [2.45, 2.75) is 25.8 Å². The SMILES string of the molecule is COC(=O)c1ccc2c(=O)n(CC(=O)NCCN3CCCCC3)c(=S)[nH]c2c1. The second-order valence-corrected chi connectivity index (χ2v) is 7.21. The molecule has 9 heteroatoms. The number of esters is 1. The summed E-state index contributed by atoms with van der Waals surface area (Å²) >= 11 is 5.24. The van der Waals surface area contributed by atoms with E-state index >= 15 is 0 Å². The summed E-state index contributed by atoms with van der Waals surface area (Å²) in [4.78, 5) is 41.9. The molecule has 150 valence electrons. The summed E-state index contributed by atoms with van der Waals surface area (Å²) in [6.07, 6.45) is 3.67. The van der Waals surface area contributed by atoms with Crippen LogP contribution in [-0.4, -0.2) is 59.6 Å². The van der Waals surface area contributed by atoms with Crippen molar-refractivity contribution in [3.8, 4) is 0 Å². The van der Waals surface area contributed by atoms with Gasteiger partial charge in [-0.25, -0.2) is 4.79 Å². The summed E-state index contributed by atoms with van der Waals surface area (Å²) in [6.45, 7) is 3.34. The van der Waals surface area contributed by atoms with Gasteiger partial charge in [0.05, 0.1) is 23.6 Å². The van der Waals surface area contributed by atoms with E-state index in [2.05, 4.69) is 19.9 Å².